The Hall–Kier alpha value is -1.73. The van der Waals surface area contributed by atoms with Crippen molar-refractivity contribution >= 4 is 33.9 Å². The van der Waals surface area contributed by atoms with Gasteiger partial charge in [0.25, 0.3) is 0 Å². The first-order valence-electron chi connectivity index (χ1n) is 6.53. The molecule has 0 spiro atoms. The highest BCUT2D eigenvalue weighted by atomic mass is 35.5. The largest absolute Gasteiger partial charge is 0.359 e. The van der Waals surface area contributed by atoms with E-state index >= 15 is 0 Å². The number of hydrogen-bond donors (Lipinski definition) is 1. The molecule has 1 heterocycles. The van der Waals surface area contributed by atoms with Crippen molar-refractivity contribution in [1.29, 1.82) is 0 Å². The number of nitrogens with zero attached hydrogens (tertiary/aromatic N) is 2. The molecule has 122 valence electrons. The van der Waals surface area contributed by atoms with Gasteiger partial charge in [-0.25, -0.2) is 8.42 Å². The quantitative estimate of drug-likeness (QED) is 0.823. The van der Waals surface area contributed by atoms with Crippen LogP contribution in [0.2, 0.25) is 0 Å². The molecule has 0 saturated heterocycles. The average molecular weight is 346 g/mol. The summed E-state index contributed by atoms with van der Waals surface area (Å²) in [6.07, 6.45) is 5.06. The summed E-state index contributed by atoms with van der Waals surface area (Å²) in [4.78, 5) is 16.2. The van der Waals surface area contributed by atoms with Gasteiger partial charge in [-0.3, -0.25) is 9.52 Å². The van der Waals surface area contributed by atoms with Gasteiger partial charge < -0.3 is 9.80 Å². The molecule has 1 aliphatic rings. The number of rotatable bonds is 5. The number of nitrogens with one attached hydrogen (secondary N) is 1. The van der Waals surface area contributed by atoms with Crippen LogP contribution < -0.4 is 4.72 Å². The molecule has 1 N–H and O–H groups in total. The second kappa shape index (κ2) is 7.02. The highest BCUT2D eigenvalue weighted by Crippen LogP contribution is 2.15. The molecule has 0 fully saturated rings. The second-order valence-corrected chi connectivity index (χ2v) is 6.89. The van der Waals surface area contributed by atoms with E-state index in [1.807, 2.05) is 36.2 Å². The lowest BCUT2D eigenvalue weighted by Crippen LogP contribution is -2.36. The van der Waals surface area contributed by atoms with Crippen molar-refractivity contribution in [2.24, 2.45) is 0 Å². The second-order valence-electron chi connectivity index (χ2n) is 5.14. The minimum absolute atomic E-state index is 0. The molecule has 0 bridgehead atoms. The Bertz CT molecular complexity index is 658. The van der Waals surface area contributed by atoms with E-state index in [2.05, 4.69) is 4.72 Å². The Morgan fingerprint density at radius 1 is 1.23 bits per heavy atom. The van der Waals surface area contributed by atoms with Crippen LogP contribution in [0.15, 0.2) is 36.7 Å². The zero-order valence-electron chi connectivity index (χ0n) is 12.7. The summed E-state index contributed by atoms with van der Waals surface area (Å²) < 4.78 is 24.6. The third-order valence-corrected chi connectivity index (χ3v) is 4.01. The summed E-state index contributed by atoms with van der Waals surface area (Å²) >= 11 is 0. The Morgan fingerprint density at radius 3 is 2.27 bits per heavy atom. The lowest BCUT2D eigenvalue weighted by Gasteiger charge is -2.26. The molecule has 1 aromatic rings. The zero-order chi connectivity index (χ0) is 15.6. The lowest BCUT2D eigenvalue weighted by atomic mass is 10.1. The third kappa shape index (κ3) is 4.64. The van der Waals surface area contributed by atoms with Crippen LogP contribution >= 0.6 is 12.4 Å². The maximum atomic E-state index is 12.2. The molecule has 6 nitrogen and oxygen atoms in total. The number of carbonyl (C=O) groups excluding carboxylic acids is 1. The molecule has 0 aliphatic carbocycles. The summed E-state index contributed by atoms with van der Waals surface area (Å²) in [5, 5.41) is 0. The number of sulfonamides is 1. The van der Waals surface area contributed by atoms with Crippen LogP contribution in [-0.4, -0.2) is 50.0 Å². The molecule has 0 radical (unpaired) electrons. The van der Waals surface area contributed by atoms with Crippen LogP contribution in [0.25, 0.3) is 0 Å². The van der Waals surface area contributed by atoms with E-state index in [1.165, 1.54) is 0 Å². The SMILES string of the molecule is CC1N(C)C=CN1CC(=O)c1ccc(NS(C)(=O)=O)cc1.Cl. The Balaban J connectivity index is 0.00000242. The molecular weight excluding hydrogens is 326 g/mol. The van der Waals surface area contributed by atoms with Crippen molar-refractivity contribution in [2.45, 2.75) is 13.1 Å². The monoisotopic (exact) mass is 345 g/mol. The van der Waals surface area contributed by atoms with Gasteiger partial charge >= 0.3 is 0 Å². The summed E-state index contributed by atoms with van der Waals surface area (Å²) in [6, 6.07) is 6.43. The fraction of sp³-hybridized carbons (Fsp3) is 0.357. The van der Waals surface area contributed by atoms with Crippen LogP contribution in [0.4, 0.5) is 5.69 Å². The predicted octanol–water partition coefficient (Wildman–Crippen LogP) is 1.73. The van der Waals surface area contributed by atoms with E-state index in [0.717, 1.165) is 6.26 Å². The van der Waals surface area contributed by atoms with Gasteiger partial charge in [-0.2, -0.15) is 0 Å². The van der Waals surface area contributed by atoms with E-state index in [4.69, 9.17) is 0 Å². The van der Waals surface area contributed by atoms with Crippen LogP contribution in [0.3, 0.4) is 0 Å². The number of anilines is 1. The van der Waals surface area contributed by atoms with E-state index in [-0.39, 0.29) is 24.4 Å². The van der Waals surface area contributed by atoms with Crippen LogP contribution in [0.5, 0.6) is 0 Å². The molecule has 22 heavy (non-hydrogen) atoms. The van der Waals surface area contributed by atoms with Crippen molar-refractivity contribution in [1.82, 2.24) is 9.80 Å². The average Bonchev–Trinajstić information content (AvgIpc) is 2.69. The van der Waals surface area contributed by atoms with Crippen LogP contribution in [0.1, 0.15) is 17.3 Å². The number of benzene rings is 1. The number of carbonyl (C=O) groups is 1. The molecule has 1 aliphatic heterocycles. The number of hydrogen-bond acceptors (Lipinski definition) is 5. The Labute approximate surface area is 137 Å². The van der Waals surface area contributed by atoms with Crippen molar-refractivity contribution < 1.29 is 13.2 Å². The fourth-order valence-electron chi connectivity index (χ4n) is 2.05. The lowest BCUT2D eigenvalue weighted by molar-refractivity contribution is 0.0912. The van der Waals surface area contributed by atoms with Gasteiger partial charge in [0.2, 0.25) is 10.0 Å². The summed E-state index contributed by atoms with van der Waals surface area (Å²) in [5.74, 6) is -0.00675. The molecule has 8 heteroatoms. The zero-order valence-corrected chi connectivity index (χ0v) is 14.3. The van der Waals surface area contributed by atoms with Crippen molar-refractivity contribution in [3.05, 3.63) is 42.2 Å². The number of ketones is 1. The molecule has 1 aromatic carbocycles. The molecule has 0 saturated carbocycles. The Kier molecular flexibility index (Phi) is 5.85. The predicted molar refractivity (Wildman–Crippen MR) is 89.6 cm³/mol. The first kappa shape index (κ1) is 18.3. The van der Waals surface area contributed by atoms with E-state index in [0.29, 0.717) is 17.8 Å². The van der Waals surface area contributed by atoms with Gasteiger partial charge in [0, 0.05) is 30.7 Å². The van der Waals surface area contributed by atoms with E-state index < -0.39 is 10.0 Å². The van der Waals surface area contributed by atoms with Gasteiger partial charge in [0.1, 0.15) is 0 Å². The minimum atomic E-state index is -3.30. The van der Waals surface area contributed by atoms with Crippen LogP contribution in [-0.2, 0) is 10.0 Å². The van der Waals surface area contributed by atoms with Gasteiger partial charge in [-0.15, -0.1) is 12.4 Å². The van der Waals surface area contributed by atoms with E-state index in [9.17, 15) is 13.2 Å². The summed E-state index contributed by atoms with van der Waals surface area (Å²) in [5.41, 5.74) is 1.01. The molecule has 2 rings (SSSR count). The molecule has 1 unspecified atom stereocenters. The maximum absolute atomic E-state index is 12.2. The highest BCUT2D eigenvalue weighted by molar-refractivity contribution is 7.92. The summed E-state index contributed by atoms with van der Waals surface area (Å²) in [6.45, 7) is 2.31. The minimum Gasteiger partial charge on any atom is -0.359 e. The van der Waals surface area contributed by atoms with Gasteiger partial charge in [0.15, 0.2) is 5.78 Å². The standard InChI is InChI=1S/C14H19N3O3S.ClH/c1-11-16(2)8-9-17(11)10-14(18)12-4-6-13(7-5-12)15-21(3,19)20;/h4-9,11,15H,10H2,1-3H3;1H. The normalized spacial score (nSPS) is 17.3. The molecule has 1 atom stereocenters. The van der Waals surface area contributed by atoms with Crippen molar-refractivity contribution in [2.75, 3.05) is 24.6 Å². The smallest absolute Gasteiger partial charge is 0.229 e. The van der Waals surface area contributed by atoms with E-state index in [1.54, 1.807) is 24.3 Å². The summed E-state index contributed by atoms with van der Waals surface area (Å²) in [7, 11) is -1.34. The van der Waals surface area contributed by atoms with Crippen molar-refractivity contribution in [3.8, 4) is 0 Å². The third-order valence-electron chi connectivity index (χ3n) is 3.40. The molecule has 0 aromatic heterocycles. The Morgan fingerprint density at radius 2 is 1.82 bits per heavy atom. The first-order valence-corrected chi connectivity index (χ1v) is 8.42. The number of halogens is 1. The van der Waals surface area contributed by atoms with Gasteiger partial charge in [-0.1, -0.05) is 0 Å². The maximum Gasteiger partial charge on any atom is 0.229 e. The van der Waals surface area contributed by atoms with Gasteiger partial charge in [-0.05, 0) is 31.2 Å². The molecular formula is C14H20ClN3O3S. The highest BCUT2D eigenvalue weighted by Gasteiger charge is 2.21. The number of Topliss-reactive ketones (excluding diaryl/α,β-unsaturated/α-hetero) is 1. The van der Waals surface area contributed by atoms with Crippen LogP contribution in [0, 0.1) is 0 Å². The first-order chi connectivity index (χ1) is 9.76. The van der Waals surface area contributed by atoms with Gasteiger partial charge in [0.05, 0.1) is 19.0 Å². The topological polar surface area (TPSA) is 69.7 Å². The van der Waals surface area contributed by atoms with Crippen molar-refractivity contribution in [3.63, 3.8) is 0 Å². The fourth-order valence-corrected chi connectivity index (χ4v) is 2.62. The molecule has 0 amide bonds.